The molecule has 1 saturated carbocycles. The van der Waals surface area contributed by atoms with Crippen LogP contribution < -0.4 is 11.1 Å². The normalized spacial score (nSPS) is 28.3. The summed E-state index contributed by atoms with van der Waals surface area (Å²) < 4.78 is 4.93. The number of nitrogens with two attached hydrogens (primary N) is 1. The first-order chi connectivity index (χ1) is 8.02. The molecule has 17 heavy (non-hydrogen) atoms. The molecule has 2 unspecified atom stereocenters. The first kappa shape index (κ1) is 12.0. The van der Waals surface area contributed by atoms with E-state index in [1.807, 2.05) is 6.92 Å². The number of rotatable bonds is 3. The van der Waals surface area contributed by atoms with Crippen LogP contribution >= 0.6 is 0 Å². The molecule has 6 nitrogen and oxygen atoms in total. The van der Waals surface area contributed by atoms with Gasteiger partial charge in [0.2, 0.25) is 11.8 Å². The number of nitrogens with one attached hydrogen (secondary N) is 1. The maximum atomic E-state index is 12.1. The molecule has 1 heterocycles. The van der Waals surface area contributed by atoms with E-state index in [0.29, 0.717) is 11.7 Å². The van der Waals surface area contributed by atoms with E-state index in [-0.39, 0.29) is 18.5 Å². The third-order valence-electron chi connectivity index (χ3n) is 3.52. The van der Waals surface area contributed by atoms with Gasteiger partial charge in [0.05, 0.1) is 12.0 Å². The second-order valence-corrected chi connectivity index (χ2v) is 4.83. The second-order valence-electron chi connectivity index (χ2n) is 4.83. The van der Waals surface area contributed by atoms with Gasteiger partial charge in [-0.1, -0.05) is 11.6 Å². The van der Waals surface area contributed by atoms with Crippen LogP contribution in [0.25, 0.3) is 0 Å². The summed E-state index contributed by atoms with van der Waals surface area (Å²) in [4.78, 5) is 16.1. The van der Waals surface area contributed by atoms with Crippen molar-refractivity contribution in [3.05, 3.63) is 11.7 Å². The third-order valence-corrected chi connectivity index (χ3v) is 3.52. The van der Waals surface area contributed by atoms with Crippen LogP contribution in [0, 0.1) is 12.3 Å². The van der Waals surface area contributed by atoms with Crippen molar-refractivity contribution in [3.63, 3.8) is 0 Å². The minimum Gasteiger partial charge on any atom is -0.346 e. The zero-order chi connectivity index (χ0) is 12.5. The van der Waals surface area contributed by atoms with Gasteiger partial charge < -0.3 is 15.6 Å². The van der Waals surface area contributed by atoms with E-state index in [0.717, 1.165) is 19.3 Å². The first-order valence-corrected chi connectivity index (χ1v) is 5.85. The molecule has 3 N–H and O–H groups in total. The molecule has 6 heteroatoms. The van der Waals surface area contributed by atoms with Crippen LogP contribution in [0.4, 0.5) is 0 Å². The van der Waals surface area contributed by atoms with Crippen molar-refractivity contribution in [1.29, 1.82) is 0 Å². The second kappa shape index (κ2) is 4.44. The maximum absolute atomic E-state index is 12.1. The summed E-state index contributed by atoms with van der Waals surface area (Å²) in [6.07, 6.45) is 2.75. The molecule has 0 spiro atoms. The number of carbonyl (C=O) groups is 1. The van der Waals surface area contributed by atoms with Crippen LogP contribution in [-0.2, 0) is 11.3 Å². The Morgan fingerprint density at radius 3 is 3.00 bits per heavy atom. The van der Waals surface area contributed by atoms with Gasteiger partial charge in [-0.15, -0.1) is 0 Å². The van der Waals surface area contributed by atoms with Gasteiger partial charge in [0.1, 0.15) is 0 Å². The van der Waals surface area contributed by atoms with E-state index in [9.17, 15) is 4.79 Å². The molecular weight excluding hydrogens is 220 g/mol. The summed E-state index contributed by atoms with van der Waals surface area (Å²) in [7, 11) is 0. The minimum absolute atomic E-state index is 0.0293. The lowest BCUT2D eigenvalue weighted by atomic mass is 9.84. The largest absolute Gasteiger partial charge is 0.346 e. The zero-order valence-electron chi connectivity index (χ0n) is 10.2. The summed E-state index contributed by atoms with van der Waals surface area (Å²) in [5.41, 5.74) is 5.51. The molecule has 94 valence electrons. The summed E-state index contributed by atoms with van der Waals surface area (Å²) >= 11 is 0. The number of aromatic nitrogens is 2. The molecule has 0 saturated heterocycles. The standard InChI is InChI=1S/C11H18N4O2/c1-7-14-9(17-15-7)6-13-10(16)11(2)5-3-4-8(11)12/h8H,3-6,12H2,1-2H3,(H,13,16). The highest BCUT2D eigenvalue weighted by atomic mass is 16.5. The van der Waals surface area contributed by atoms with Crippen LogP contribution in [0.1, 0.15) is 37.9 Å². The van der Waals surface area contributed by atoms with E-state index in [4.69, 9.17) is 10.3 Å². The monoisotopic (exact) mass is 238 g/mol. The minimum atomic E-state index is -0.463. The molecule has 2 atom stereocenters. The quantitative estimate of drug-likeness (QED) is 0.800. The number of aryl methyl sites for hydroxylation is 1. The van der Waals surface area contributed by atoms with Crippen molar-refractivity contribution in [2.45, 2.75) is 45.7 Å². The van der Waals surface area contributed by atoms with Gasteiger partial charge in [-0.25, -0.2) is 0 Å². The van der Waals surface area contributed by atoms with E-state index in [1.54, 1.807) is 6.92 Å². The van der Waals surface area contributed by atoms with Crippen molar-refractivity contribution in [1.82, 2.24) is 15.5 Å². The fourth-order valence-electron chi connectivity index (χ4n) is 2.24. The summed E-state index contributed by atoms with van der Waals surface area (Å²) in [6, 6.07) is -0.0630. The summed E-state index contributed by atoms with van der Waals surface area (Å²) in [5, 5.41) is 6.47. The topological polar surface area (TPSA) is 94.0 Å². The van der Waals surface area contributed by atoms with Gasteiger partial charge in [0.25, 0.3) is 0 Å². The molecular formula is C11H18N4O2. The van der Waals surface area contributed by atoms with Crippen LogP contribution in [0.3, 0.4) is 0 Å². The smallest absolute Gasteiger partial charge is 0.246 e. The molecule has 1 aromatic heterocycles. The highest BCUT2D eigenvalue weighted by Gasteiger charge is 2.42. The lowest BCUT2D eigenvalue weighted by Gasteiger charge is -2.27. The Bertz CT molecular complexity index is 417. The SMILES string of the molecule is Cc1noc(CNC(=O)C2(C)CCCC2N)n1. The molecule has 1 aliphatic carbocycles. The van der Waals surface area contributed by atoms with E-state index < -0.39 is 5.41 Å². The van der Waals surface area contributed by atoms with Gasteiger partial charge in [-0.05, 0) is 26.7 Å². The van der Waals surface area contributed by atoms with Gasteiger partial charge >= 0.3 is 0 Å². The molecule has 1 aromatic rings. The number of hydrogen-bond acceptors (Lipinski definition) is 5. The van der Waals surface area contributed by atoms with Crippen LogP contribution in [-0.4, -0.2) is 22.1 Å². The number of hydrogen-bond donors (Lipinski definition) is 2. The predicted molar refractivity (Wildman–Crippen MR) is 60.8 cm³/mol. The zero-order valence-corrected chi connectivity index (χ0v) is 10.2. The van der Waals surface area contributed by atoms with E-state index in [1.165, 1.54) is 0 Å². The molecule has 0 radical (unpaired) electrons. The van der Waals surface area contributed by atoms with Crippen LogP contribution in [0.15, 0.2) is 4.52 Å². The van der Waals surface area contributed by atoms with Crippen molar-refractivity contribution >= 4 is 5.91 Å². The van der Waals surface area contributed by atoms with Crippen LogP contribution in [0.5, 0.6) is 0 Å². The Hall–Kier alpha value is -1.43. The lowest BCUT2D eigenvalue weighted by molar-refractivity contribution is -0.130. The van der Waals surface area contributed by atoms with Crippen LogP contribution in [0.2, 0.25) is 0 Å². The Labute approximate surface area is 99.9 Å². The molecule has 1 aliphatic rings. The molecule has 1 amide bonds. The highest BCUT2D eigenvalue weighted by Crippen LogP contribution is 2.36. The van der Waals surface area contributed by atoms with E-state index in [2.05, 4.69) is 15.5 Å². The molecule has 2 rings (SSSR count). The average molecular weight is 238 g/mol. The van der Waals surface area contributed by atoms with Crippen molar-refractivity contribution in [2.75, 3.05) is 0 Å². The molecule has 0 aliphatic heterocycles. The Balaban J connectivity index is 1.93. The fraction of sp³-hybridized carbons (Fsp3) is 0.727. The lowest BCUT2D eigenvalue weighted by Crippen LogP contribution is -2.47. The van der Waals surface area contributed by atoms with Gasteiger partial charge in [0.15, 0.2) is 5.82 Å². The number of nitrogens with zero attached hydrogens (tertiary/aromatic N) is 2. The third kappa shape index (κ3) is 2.31. The highest BCUT2D eigenvalue weighted by molar-refractivity contribution is 5.83. The van der Waals surface area contributed by atoms with Gasteiger partial charge in [-0.3, -0.25) is 4.79 Å². The first-order valence-electron chi connectivity index (χ1n) is 5.85. The van der Waals surface area contributed by atoms with Crippen molar-refractivity contribution in [3.8, 4) is 0 Å². The molecule has 1 fully saturated rings. The number of carbonyl (C=O) groups excluding carboxylic acids is 1. The molecule has 0 bridgehead atoms. The number of amides is 1. The maximum Gasteiger partial charge on any atom is 0.246 e. The Kier molecular flexibility index (Phi) is 3.15. The predicted octanol–water partition coefficient (Wildman–Crippen LogP) is 0.512. The Morgan fingerprint density at radius 1 is 1.71 bits per heavy atom. The van der Waals surface area contributed by atoms with Crippen molar-refractivity contribution in [2.24, 2.45) is 11.1 Å². The summed E-state index contributed by atoms with van der Waals surface area (Å²) in [5.74, 6) is 0.961. The van der Waals surface area contributed by atoms with Gasteiger partial charge in [-0.2, -0.15) is 4.98 Å². The van der Waals surface area contributed by atoms with E-state index >= 15 is 0 Å². The van der Waals surface area contributed by atoms with Crippen molar-refractivity contribution < 1.29 is 9.32 Å². The molecule has 0 aromatic carbocycles. The fourth-order valence-corrected chi connectivity index (χ4v) is 2.24. The Morgan fingerprint density at radius 2 is 2.47 bits per heavy atom. The summed E-state index contributed by atoms with van der Waals surface area (Å²) in [6.45, 7) is 3.92. The van der Waals surface area contributed by atoms with Gasteiger partial charge in [0, 0.05) is 6.04 Å². The average Bonchev–Trinajstić information content (AvgIpc) is 2.84.